The number of hydrogen-bond acceptors (Lipinski definition) is 2. The molecular weight excluding hydrogens is 269 g/mol. The normalized spacial score (nSPS) is 11.7. The molecular formula is C17H18FNO2. The molecule has 0 radical (unpaired) electrons. The van der Waals surface area contributed by atoms with E-state index >= 15 is 0 Å². The largest absolute Gasteiger partial charge is 0.481 e. The zero-order valence-electron chi connectivity index (χ0n) is 11.9. The molecule has 1 atom stereocenters. The van der Waals surface area contributed by atoms with Crippen LogP contribution in [-0.2, 0) is 11.2 Å². The molecule has 0 aliphatic rings. The van der Waals surface area contributed by atoms with E-state index in [1.54, 1.807) is 6.92 Å². The van der Waals surface area contributed by atoms with Crippen molar-refractivity contribution in [1.82, 2.24) is 5.32 Å². The summed E-state index contributed by atoms with van der Waals surface area (Å²) < 4.78 is 18.2. The number of hydrogen-bond donors (Lipinski definition) is 1. The van der Waals surface area contributed by atoms with Crippen LogP contribution in [0, 0.1) is 5.82 Å². The molecule has 0 aliphatic heterocycles. The highest BCUT2D eigenvalue weighted by Gasteiger charge is 2.13. The Balaban J connectivity index is 1.76. The van der Waals surface area contributed by atoms with E-state index < -0.39 is 6.10 Å². The zero-order chi connectivity index (χ0) is 15.1. The average Bonchev–Trinajstić information content (AvgIpc) is 2.50. The van der Waals surface area contributed by atoms with Crippen molar-refractivity contribution in [2.75, 3.05) is 6.54 Å². The lowest BCUT2D eigenvalue weighted by Gasteiger charge is -2.14. The number of ether oxygens (including phenoxy) is 1. The number of halogens is 1. The Hall–Kier alpha value is -2.36. The van der Waals surface area contributed by atoms with Gasteiger partial charge in [0.05, 0.1) is 0 Å². The van der Waals surface area contributed by atoms with Crippen molar-refractivity contribution in [2.24, 2.45) is 0 Å². The van der Waals surface area contributed by atoms with Gasteiger partial charge in [-0.15, -0.1) is 0 Å². The van der Waals surface area contributed by atoms with Gasteiger partial charge in [-0.1, -0.05) is 30.3 Å². The SMILES string of the molecule is C[C@@H](Oc1ccc(F)cc1)C(=O)NCCc1ccccc1. The lowest BCUT2D eigenvalue weighted by molar-refractivity contribution is -0.127. The summed E-state index contributed by atoms with van der Waals surface area (Å²) in [5.74, 6) is -0.0420. The van der Waals surface area contributed by atoms with Crippen LogP contribution in [0.5, 0.6) is 5.75 Å². The van der Waals surface area contributed by atoms with Crippen LogP contribution < -0.4 is 10.1 Å². The number of amides is 1. The Morgan fingerprint density at radius 2 is 1.81 bits per heavy atom. The van der Waals surface area contributed by atoms with E-state index in [0.717, 1.165) is 6.42 Å². The molecule has 1 amide bonds. The van der Waals surface area contributed by atoms with Crippen LogP contribution in [0.2, 0.25) is 0 Å². The second kappa shape index (κ2) is 7.43. The predicted octanol–water partition coefficient (Wildman–Crippen LogP) is 2.95. The molecule has 0 spiro atoms. The minimum atomic E-state index is -0.619. The summed E-state index contributed by atoms with van der Waals surface area (Å²) in [6.07, 6.45) is 0.154. The molecule has 1 N–H and O–H groups in total. The second-order valence-corrected chi connectivity index (χ2v) is 4.74. The number of carbonyl (C=O) groups excluding carboxylic acids is 1. The molecule has 21 heavy (non-hydrogen) atoms. The standard InChI is InChI=1S/C17H18FNO2/c1-13(21-16-9-7-15(18)8-10-16)17(20)19-12-11-14-5-3-2-4-6-14/h2-10,13H,11-12H2,1H3,(H,19,20)/t13-/m1/s1. The van der Waals surface area contributed by atoms with E-state index in [0.29, 0.717) is 12.3 Å². The zero-order valence-corrected chi connectivity index (χ0v) is 11.9. The summed E-state index contributed by atoms with van der Waals surface area (Å²) in [5, 5.41) is 2.82. The van der Waals surface area contributed by atoms with Gasteiger partial charge < -0.3 is 10.1 Å². The summed E-state index contributed by atoms with van der Waals surface area (Å²) in [6, 6.07) is 15.5. The fourth-order valence-electron chi connectivity index (χ4n) is 1.89. The second-order valence-electron chi connectivity index (χ2n) is 4.74. The monoisotopic (exact) mass is 287 g/mol. The van der Waals surface area contributed by atoms with Crippen molar-refractivity contribution in [1.29, 1.82) is 0 Å². The van der Waals surface area contributed by atoms with Crippen LogP contribution in [0.4, 0.5) is 4.39 Å². The van der Waals surface area contributed by atoms with Gasteiger partial charge in [-0.25, -0.2) is 4.39 Å². The highest BCUT2D eigenvalue weighted by Crippen LogP contribution is 2.13. The van der Waals surface area contributed by atoms with Crippen LogP contribution in [0.15, 0.2) is 54.6 Å². The Bertz CT molecular complexity index is 569. The fraction of sp³-hybridized carbons (Fsp3) is 0.235. The molecule has 3 nitrogen and oxygen atoms in total. The molecule has 0 fully saturated rings. The third-order valence-electron chi connectivity index (χ3n) is 3.05. The predicted molar refractivity (Wildman–Crippen MR) is 79.6 cm³/mol. The summed E-state index contributed by atoms with van der Waals surface area (Å²) >= 11 is 0. The number of carbonyl (C=O) groups is 1. The van der Waals surface area contributed by atoms with Gasteiger partial charge in [-0.2, -0.15) is 0 Å². The average molecular weight is 287 g/mol. The van der Waals surface area contributed by atoms with Crippen LogP contribution in [0.25, 0.3) is 0 Å². The van der Waals surface area contributed by atoms with Crippen molar-refractivity contribution in [2.45, 2.75) is 19.4 Å². The summed E-state index contributed by atoms with van der Waals surface area (Å²) in [6.45, 7) is 2.22. The Labute approximate surface area is 123 Å². The van der Waals surface area contributed by atoms with Gasteiger partial charge in [0, 0.05) is 6.54 Å². The van der Waals surface area contributed by atoms with E-state index in [9.17, 15) is 9.18 Å². The lowest BCUT2D eigenvalue weighted by atomic mass is 10.1. The van der Waals surface area contributed by atoms with E-state index in [-0.39, 0.29) is 11.7 Å². The van der Waals surface area contributed by atoms with Gasteiger partial charge in [0.1, 0.15) is 11.6 Å². The maximum Gasteiger partial charge on any atom is 0.260 e. The van der Waals surface area contributed by atoms with Crippen LogP contribution in [-0.4, -0.2) is 18.6 Å². The minimum absolute atomic E-state index is 0.185. The van der Waals surface area contributed by atoms with Gasteiger partial charge in [-0.3, -0.25) is 4.79 Å². The topological polar surface area (TPSA) is 38.3 Å². The first-order valence-electron chi connectivity index (χ1n) is 6.89. The Morgan fingerprint density at radius 1 is 1.14 bits per heavy atom. The maximum atomic E-state index is 12.8. The van der Waals surface area contributed by atoms with E-state index in [4.69, 9.17) is 4.74 Å². The minimum Gasteiger partial charge on any atom is -0.481 e. The molecule has 0 aromatic heterocycles. The quantitative estimate of drug-likeness (QED) is 0.887. The number of benzene rings is 2. The molecule has 0 heterocycles. The summed E-state index contributed by atoms with van der Waals surface area (Å²) in [5.41, 5.74) is 1.17. The third kappa shape index (κ3) is 4.91. The van der Waals surface area contributed by atoms with Gasteiger partial charge in [0.15, 0.2) is 6.10 Å². The van der Waals surface area contributed by atoms with Gasteiger partial charge in [0.25, 0.3) is 5.91 Å². The third-order valence-corrected chi connectivity index (χ3v) is 3.05. The summed E-state index contributed by atoms with van der Waals surface area (Å²) in [4.78, 5) is 11.9. The number of rotatable bonds is 6. The van der Waals surface area contributed by atoms with Crippen LogP contribution in [0.3, 0.4) is 0 Å². The van der Waals surface area contributed by atoms with Gasteiger partial charge >= 0.3 is 0 Å². The van der Waals surface area contributed by atoms with Crippen molar-refractivity contribution in [3.8, 4) is 5.75 Å². The smallest absolute Gasteiger partial charge is 0.260 e. The lowest BCUT2D eigenvalue weighted by Crippen LogP contribution is -2.37. The van der Waals surface area contributed by atoms with Gasteiger partial charge in [0.2, 0.25) is 0 Å². The van der Waals surface area contributed by atoms with Crippen LogP contribution >= 0.6 is 0 Å². The molecule has 4 heteroatoms. The maximum absolute atomic E-state index is 12.8. The Kier molecular flexibility index (Phi) is 5.32. The van der Waals surface area contributed by atoms with E-state index in [2.05, 4.69) is 5.32 Å². The van der Waals surface area contributed by atoms with E-state index in [1.807, 2.05) is 30.3 Å². The van der Waals surface area contributed by atoms with Crippen molar-refractivity contribution in [3.63, 3.8) is 0 Å². The van der Waals surface area contributed by atoms with Crippen molar-refractivity contribution in [3.05, 3.63) is 66.0 Å². The first-order chi connectivity index (χ1) is 10.1. The van der Waals surface area contributed by atoms with Crippen molar-refractivity contribution < 1.29 is 13.9 Å². The molecule has 2 aromatic carbocycles. The van der Waals surface area contributed by atoms with Crippen molar-refractivity contribution >= 4 is 5.91 Å². The highest BCUT2D eigenvalue weighted by atomic mass is 19.1. The first kappa shape index (κ1) is 15.0. The van der Waals surface area contributed by atoms with Gasteiger partial charge in [-0.05, 0) is 43.2 Å². The molecule has 110 valence electrons. The number of nitrogens with one attached hydrogen (secondary N) is 1. The van der Waals surface area contributed by atoms with E-state index in [1.165, 1.54) is 29.8 Å². The first-order valence-corrected chi connectivity index (χ1v) is 6.89. The molecule has 0 unspecified atom stereocenters. The molecule has 2 aromatic rings. The Morgan fingerprint density at radius 3 is 2.48 bits per heavy atom. The highest BCUT2D eigenvalue weighted by molar-refractivity contribution is 5.80. The molecule has 0 saturated carbocycles. The molecule has 2 rings (SSSR count). The molecule has 0 saturated heterocycles. The molecule has 0 aliphatic carbocycles. The fourth-order valence-corrected chi connectivity index (χ4v) is 1.89. The van der Waals surface area contributed by atoms with Crippen LogP contribution in [0.1, 0.15) is 12.5 Å². The molecule has 0 bridgehead atoms. The summed E-state index contributed by atoms with van der Waals surface area (Å²) in [7, 11) is 0.